The molecule has 0 bridgehead atoms. The lowest BCUT2D eigenvalue weighted by Crippen LogP contribution is -2.56. The third-order valence-corrected chi connectivity index (χ3v) is 3.13. The molecule has 7 nitrogen and oxygen atoms in total. The van der Waals surface area contributed by atoms with Crippen molar-refractivity contribution in [2.45, 2.75) is 31.7 Å². The number of carboxylic acid groups (broad SMARTS) is 1. The van der Waals surface area contributed by atoms with Crippen molar-refractivity contribution in [2.24, 2.45) is 5.92 Å². The molecular formula is C11H19N3O4. The third-order valence-electron chi connectivity index (χ3n) is 3.13. The number of carbonyl (C=O) groups excluding carboxylic acids is 2. The second-order valence-electron chi connectivity index (χ2n) is 4.59. The van der Waals surface area contributed by atoms with Crippen LogP contribution >= 0.6 is 0 Å². The van der Waals surface area contributed by atoms with Crippen LogP contribution in [0.3, 0.4) is 0 Å². The summed E-state index contributed by atoms with van der Waals surface area (Å²) in [5.74, 6) is -1.23. The van der Waals surface area contributed by atoms with Gasteiger partial charge in [0, 0.05) is 20.0 Å². The molecule has 0 aromatic carbocycles. The molecule has 0 heterocycles. The summed E-state index contributed by atoms with van der Waals surface area (Å²) in [6, 6.07) is -0.560. The second kappa shape index (κ2) is 5.70. The van der Waals surface area contributed by atoms with Gasteiger partial charge in [-0.3, -0.25) is 4.79 Å². The van der Waals surface area contributed by atoms with Gasteiger partial charge < -0.3 is 21.1 Å². The number of aliphatic carboxylic acids is 1. The Kier molecular flexibility index (Phi) is 4.52. The highest BCUT2D eigenvalue weighted by atomic mass is 16.4. The number of amides is 3. The van der Waals surface area contributed by atoms with Gasteiger partial charge in [0.15, 0.2) is 0 Å². The highest BCUT2D eigenvalue weighted by molar-refractivity contribution is 5.86. The van der Waals surface area contributed by atoms with E-state index in [0.717, 1.165) is 12.8 Å². The minimum atomic E-state index is -1.23. The normalized spacial score (nSPS) is 17.4. The molecule has 1 fully saturated rings. The fourth-order valence-corrected chi connectivity index (χ4v) is 1.69. The smallest absolute Gasteiger partial charge is 0.329 e. The number of carbonyl (C=O) groups is 3. The largest absolute Gasteiger partial charge is 0.480 e. The van der Waals surface area contributed by atoms with Crippen molar-refractivity contribution in [2.75, 3.05) is 13.6 Å². The zero-order valence-corrected chi connectivity index (χ0v) is 10.6. The molecule has 1 aliphatic rings. The predicted molar refractivity (Wildman–Crippen MR) is 64.0 cm³/mol. The maximum absolute atomic E-state index is 11.5. The van der Waals surface area contributed by atoms with Crippen LogP contribution in [0.5, 0.6) is 0 Å². The monoisotopic (exact) mass is 257 g/mol. The second-order valence-corrected chi connectivity index (χ2v) is 4.59. The van der Waals surface area contributed by atoms with E-state index >= 15 is 0 Å². The molecule has 0 aromatic heterocycles. The number of urea groups is 1. The first-order valence-electron chi connectivity index (χ1n) is 5.90. The van der Waals surface area contributed by atoms with E-state index in [1.54, 1.807) is 0 Å². The van der Waals surface area contributed by atoms with Gasteiger partial charge in [0.2, 0.25) is 5.91 Å². The van der Waals surface area contributed by atoms with Crippen LogP contribution in [-0.2, 0) is 9.59 Å². The van der Waals surface area contributed by atoms with Crippen LogP contribution < -0.4 is 16.0 Å². The molecule has 0 spiro atoms. The van der Waals surface area contributed by atoms with Crippen molar-refractivity contribution in [3.8, 4) is 0 Å². The Morgan fingerprint density at radius 1 is 1.33 bits per heavy atom. The van der Waals surface area contributed by atoms with Crippen LogP contribution in [0.4, 0.5) is 4.79 Å². The molecule has 0 saturated heterocycles. The molecule has 102 valence electrons. The Hall–Kier alpha value is -1.79. The van der Waals surface area contributed by atoms with E-state index in [-0.39, 0.29) is 24.8 Å². The van der Waals surface area contributed by atoms with Gasteiger partial charge in [0.05, 0.1) is 0 Å². The van der Waals surface area contributed by atoms with Gasteiger partial charge in [-0.1, -0.05) is 0 Å². The zero-order valence-electron chi connectivity index (χ0n) is 10.6. The highest BCUT2D eigenvalue weighted by Crippen LogP contribution is 2.39. The van der Waals surface area contributed by atoms with E-state index in [4.69, 9.17) is 5.11 Å². The summed E-state index contributed by atoms with van der Waals surface area (Å²) in [6.07, 6.45) is 1.78. The fraction of sp³-hybridized carbons (Fsp3) is 0.727. The van der Waals surface area contributed by atoms with Gasteiger partial charge in [0.1, 0.15) is 5.54 Å². The number of carboxylic acids is 1. The average Bonchev–Trinajstić information content (AvgIpc) is 3.12. The van der Waals surface area contributed by atoms with E-state index in [1.165, 1.54) is 14.0 Å². The molecule has 18 heavy (non-hydrogen) atoms. The van der Waals surface area contributed by atoms with Crippen molar-refractivity contribution in [3.05, 3.63) is 0 Å². The molecule has 1 atom stereocenters. The van der Waals surface area contributed by atoms with Crippen molar-refractivity contribution in [1.82, 2.24) is 16.0 Å². The summed E-state index contributed by atoms with van der Waals surface area (Å²) in [6.45, 7) is 1.68. The van der Waals surface area contributed by atoms with Gasteiger partial charge in [-0.05, 0) is 25.7 Å². The van der Waals surface area contributed by atoms with E-state index in [9.17, 15) is 14.4 Å². The average molecular weight is 257 g/mol. The minimum absolute atomic E-state index is 0.0142. The standard InChI is InChI=1S/C11H19N3O4/c1-11(9(16)17,7-3-4-7)14-10(18)13-6-5-8(15)12-2/h7H,3-6H2,1-2H3,(H,12,15)(H,16,17)(H2,13,14,18). The van der Waals surface area contributed by atoms with Crippen molar-refractivity contribution in [1.29, 1.82) is 0 Å². The lowest BCUT2D eigenvalue weighted by atomic mass is 9.96. The quantitative estimate of drug-likeness (QED) is 0.522. The summed E-state index contributed by atoms with van der Waals surface area (Å²) >= 11 is 0. The Morgan fingerprint density at radius 3 is 2.39 bits per heavy atom. The molecule has 4 N–H and O–H groups in total. The van der Waals surface area contributed by atoms with E-state index in [1.807, 2.05) is 0 Å². The van der Waals surface area contributed by atoms with Crippen LogP contribution in [0.2, 0.25) is 0 Å². The lowest BCUT2D eigenvalue weighted by molar-refractivity contribution is -0.144. The zero-order chi connectivity index (χ0) is 13.8. The maximum Gasteiger partial charge on any atom is 0.329 e. The lowest BCUT2D eigenvalue weighted by Gasteiger charge is -2.26. The Morgan fingerprint density at radius 2 is 1.94 bits per heavy atom. The Bertz CT molecular complexity index is 354. The molecule has 3 amide bonds. The molecule has 1 unspecified atom stereocenters. The molecule has 0 radical (unpaired) electrons. The third kappa shape index (κ3) is 3.61. The van der Waals surface area contributed by atoms with Crippen LogP contribution in [0, 0.1) is 5.92 Å². The van der Waals surface area contributed by atoms with Crippen LogP contribution in [0.15, 0.2) is 0 Å². The molecule has 0 aliphatic heterocycles. The van der Waals surface area contributed by atoms with Gasteiger partial charge >= 0.3 is 12.0 Å². The van der Waals surface area contributed by atoms with Gasteiger partial charge in [-0.25, -0.2) is 9.59 Å². The van der Waals surface area contributed by atoms with E-state index in [0.29, 0.717) is 0 Å². The number of nitrogens with one attached hydrogen (secondary N) is 3. The van der Waals surface area contributed by atoms with E-state index in [2.05, 4.69) is 16.0 Å². The van der Waals surface area contributed by atoms with Gasteiger partial charge in [-0.15, -0.1) is 0 Å². The summed E-state index contributed by atoms with van der Waals surface area (Å²) in [7, 11) is 1.51. The Balaban J connectivity index is 2.38. The fourth-order valence-electron chi connectivity index (χ4n) is 1.69. The summed E-state index contributed by atoms with van der Waals surface area (Å²) < 4.78 is 0. The van der Waals surface area contributed by atoms with Crippen molar-refractivity contribution < 1.29 is 19.5 Å². The summed E-state index contributed by atoms with van der Waals surface area (Å²) in [5.41, 5.74) is -1.23. The summed E-state index contributed by atoms with van der Waals surface area (Å²) in [5, 5.41) is 16.5. The van der Waals surface area contributed by atoms with Crippen molar-refractivity contribution >= 4 is 17.9 Å². The molecule has 1 rings (SSSR count). The predicted octanol–water partition coefficient (Wildman–Crippen LogP) is -0.325. The number of hydrogen-bond acceptors (Lipinski definition) is 3. The first-order valence-corrected chi connectivity index (χ1v) is 5.90. The Labute approximate surface area is 105 Å². The van der Waals surface area contributed by atoms with Crippen LogP contribution in [0.1, 0.15) is 26.2 Å². The van der Waals surface area contributed by atoms with Crippen molar-refractivity contribution in [3.63, 3.8) is 0 Å². The number of hydrogen-bond donors (Lipinski definition) is 4. The SMILES string of the molecule is CNC(=O)CCNC(=O)NC(C)(C(=O)O)C1CC1. The molecule has 1 saturated carbocycles. The maximum atomic E-state index is 11.5. The first kappa shape index (κ1) is 14.3. The molecular weight excluding hydrogens is 238 g/mol. The topological polar surface area (TPSA) is 108 Å². The molecule has 0 aromatic rings. The first-order chi connectivity index (χ1) is 8.40. The van der Waals surface area contributed by atoms with Gasteiger partial charge in [-0.2, -0.15) is 0 Å². The van der Waals surface area contributed by atoms with E-state index < -0.39 is 17.5 Å². The molecule has 1 aliphatic carbocycles. The van der Waals surface area contributed by atoms with Crippen LogP contribution in [0.25, 0.3) is 0 Å². The summed E-state index contributed by atoms with van der Waals surface area (Å²) in [4.78, 5) is 33.6. The van der Waals surface area contributed by atoms with Gasteiger partial charge in [0.25, 0.3) is 0 Å². The minimum Gasteiger partial charge on any atom is -0.480 e. The van der Waals surface area contributed by atoms with Crippen LogP contribution in [-0.4, -0.2) is 42.1 Å². The number of rotatable bonds is 6. The highest BCUT2D eigenvalue weighted by Gasteiger charge is 2.48. The molecule has 7 heteroatoms.